The second-order valence-electron chi connectivity index (χ2n) is 6.56. The number of carbonyl (C=O) groups excluding carboxylic acids is 3. The summed E-state index contributed by atoms with van der Waals surface area (Å²) < 4.78 is 15.7. The van der Waals surface area contributed by atoms with E-state index in [0.29, 0.717) is 17.2 Å². The van der Waals surface area contributed by atoms with Crippen LogP contribution < -0.4 is 20.1 Å². The normalized spacial score (nSPS) is 13.9. The third-order valence-corrected chi connectivity index (χ3v) is 4.27. The van der Waals surface area contributed by atoms with Crippen LogP contribution in [-0.2, 0) is 19.1 Å². The second-order valence-corrected chi connectivity index (χ2v) is 6.56. The highest BCUT2D eigenvalue weighted by molar-refractivity contribution is 5.95. The van der Waals surface area contributed by atoms with Gasteiger partial charge in [0, 0.05) is 18.7 Å². The Labute approximate surface area is 168 Å². The molecule has 2 N–H and O–H groups in total. The lowest BCUT2D eigenvalue weighted by atomic mass is 10.0. The van der Waals surface area contributed by atoms with Gasteiger partial charge in [0.05, 0.1) is 12.5 Å². The maximum atomic E-state index is 12.4. The van der Waals surface area contributed by atoms with Gasteiger partial charge in [-0.3, -0.25) is 14.4 Å². The zero-order chi connectivity index (χ0) is 20.8. The molecule has 0 aromatic heterocycles. The van der Waals surface area contributed by atoms with Crippen molar-refractivity contribution in [1.82, 2.24) is 5.32 Å². The Bertz CT molecular complexity index is 899. The predicted octanol–water partition coefficient (Wildman–Crippen LogP) is 2.55. The molecule has 0 aliphatic carbocycles. The third-order valence-electron chi connectivity index (χ3n) is 4.27. The summed E-state index contributed by atoms with van der Waals surface area (Å²) in [6.45, 7) is 3.00. The van der Waals surface area contributed by atoms with E-state index >= 15 is 0 Å². The molecule has 2 atom stereocenters. The van der Waals surface area contributed by atoms with Gasteiger partial charge < -0.3 is 24.8 Å². The lowest BCUT2D eigenvalue weighted by Crippen LogP contribution is -2.33. The van der Waals surface area contributed by atoms with Gasteiger partial charge in [0.2, 0.25) is 12.7 Å². The molecule has 152 valence electrons. The lowest BCUT2D eigenvalue weighted by molar-refractivity contribution is -0.153. The number of nitrogens with one attached hydrogen (secondary N) is 2. The van der Waals surface area contributed by atoms with Crippen molar-refractivity contribution in [3.05, 3.63) is 54.1 Å². The first-order valence-electron chi connectivity index (χ1n) is 9.14. The van der Waals surface area contributed by atoms with Crippen molar-refractivity contribution in [1.29, 1.82) is 0 Å². The quantitative estimate of drug-likeness (QED) is 0.695. The maximum Gasteiger partial charge on any atom is 0.309 e. The topological polar surface area (TPSA) is 103 Å². The molecule has 1 aliphatic heterocycles. The van der Waals surface area contributed by atoms with Gasteiger partial charge in [-0.05, 0) is 24.6 Å². The summed E-state index contributed by atoms with van der Waals surface area (Å²) >= 11 is 0. The van der Waals surface area contributed by atoms with Crippen LogP contribution in [0.2, 0.25) is 0 Å². The van der Waals surface area contributed by atoms with E-state index in [-0.39, 0.29) is 19.1 Å². The first kappa shape index (κ1) is 20.2. The fraction of sp³-hybridized carbons (Fsp3) is 0.286. The van der Waals surface area contributed by atoms with E-state index < -0.39 is 24.0 Å². The summed E-state index contributed by atoms with van der Waals surface area (Å²) in [5.74, 6) is -0.199. The minimum atomic E-state index is -1.01. The molecule has 0 radical (unpaired) electrons. The molecular weight excluding hydrogens is 376 g/mol. The Kier molecular flexibility index (Phi) is 6.33. The summed E-state index contributed by atoms with van der Waals surface area (Å²) in [6, 6.07) is 13.5. The molecule has 2 amide bonds. The molecule has 8 nitrogen and oxygen atoms in total. The Hall–Kier alpha value is -3.55. The molecular formula is C21H22N2O6. The average molecular weight is 398 g/mol. The highest BCUT2D eigenvalue weighted by Crippen LogP contribution is 2.34. The van der Waals surface area contributed by atoms with Crippen molar-refractivity contribution in [3.8, 4) is 11.5 Å². The number of rotatable bonds is 7. The molecule has 0 saturated heterocycles. The number of esters is 1. The zero-order valence-corrected chi connectivity index (χ0v) is 16.1. The van der Waals surface area contributed by atoms with Crippen LogP contribution in [0.25, 0.3) is 0 Å². The predicted molar refractivity (Wildman–Crippen MR) is 104 cm³/mol. The number of anilines is 1. The third kappa shape index (κ3) is 5.47. The minimum Gasteiger partial charge on any atom is -0.454 e. The van der Waals surface area contributed by atoms with Crippen molar-refractivity contribution in [2.24, 2.45) is 0 Å². The Morgan fingerprint density at radius 2 is 1.79 bits per heavy atom. The van der Waals surface area contributed by atoms with Crippen LogP contribution in [0.3, 0.4) is 0 Å². The summed E-state index contributed by atoms with van der Waals surface area (Å²) in [5.41, 5.74) is 1.28. The molecule has 0 fully saturated rings. The SMILES string of the molecule is CC(=O)N[C@@H](CC(=O)O[C@H](C)C(=O)Nc1ccc2c(c1)OCO2)c1ccccc1. The van der Waals surface area contributed by atoms with Gasteiger partial charge in [-0.1, -0.05) is 30.3 Å². The van der Waals surface area contributed by atoms with Crippen molar-refractivity contribution in [2.45, 2.75) is 32.4 Å². The van der Waals surface area contributed by atoms with E-state index in [1.807, 2.05) is 30.3 Å². The van der Waals surface area contributed by atoms with Crippen LogP contribution in [0, 0.1) is 0 Å². The number of hydrogen-bond acceptors (Lipinski definition) is 6. The van der Waals surface area contributed by atoms with E-state index in [0.717, 1.165) is 5.56 Å². The van der Waals surface area contributed by atoms with E-state index in [2.05, 4.69) is 10.6 Å². The van der Waals surface area contributed by atoms with E-state index in [1.165, 1.54) is 13.8 Å². The summed E-state index contributed by atoms with van der Waals surface area (Å²) in [6.07, 6.45) is -1.10. The molecule has 0 unspecified atom stereocenters. The number of fused-ring (bicyclic) bond motifs is 1. The molecule has 29 heavy (non-hydrogen) atoms. The number of hydrogen-bond donors (Lipinski definition) is 2. The van der Waals surface area contributed by atoms with Crippen LogP contribution >= 0.6 is 0 Å². The van der Waals surface area contributed by atoms with Gasteiger partial charge in [0.1, 0.15) is 0 Å². The van der Waals surface area contributed by atoms with Crippen molar-refractivity contribution >= 4 is 23.5 Å². The monoisotopic (exact) mass is 398 g/mol. The highest BCUT2D eigenvalue weighted by atomic mass is 16.7. The molecule has 0 spiro atoms. The van der Waals surface area contributed by atoms with E-state index in [9.17, 15) is 14.4 Å². The van der Waals surface area contributed by atoms with Gasteiger partial charge >= 0.3 is 5.97 Å². The Morgan fingerprint density at radius 3 is 2.52 bits per heavy atom. The van der Waals surface area contributed by atoms with Gasteiger partial charge in [0.25, 0.3) is 5.91 Å². The summed E-state index contributed by atoms with van der Waals surface area (Å²) in [4.78, 5) is 36.2. The van der Waals surface area contributed by atoms with Crippen LogP contribution in [0.15, 0.2) is 48.5 Å². The molecule has 1 heterocycles. The standard InChI is InChI=1S/C21H22N2O6/c1-13(21(26)23-16-8-9-18-19(10-16)28-12-27-18)29-20(25)11-17(22-14(2)24)15-6-4-3-5-7-15/h3-10,13,17H,11-12H2,1-2H3,(H,22,24)(H,23,26)/t13-,17+/m1/s1. The van der Waals surface area contributed by atoms with Crippen LogP contribution in [0.4, 0.5) is 5.69 Å². The van der Waals surface area contributed by atoms with Crippen LogP contribution in [-0.4, -0.2) is 30.7 Å². The molecule has 0 saturated carbocycles. The zero-order valence-electron chi connectivity index (χ0n) is 16.1. The lowest BCUT2D eigenvalue weighted by Gasteiger charge is -2.19. The first-order valence-corrected chi connectivity index (χ1v) is 9.14. The van der Waals surface area contributed by atoms with Crippen LogP contribution in [0.5, 0.6) is 11.5 Å². The van der Waals surface area contributed by atoms with Gasteiger partial charge in [-0.2, -0.15) is 0 Å². The van der Waals surface area contributed by atoms with Gasteiger partial charge in [0.15, 0.2) is 17.6 Å². The average Bonchev–Trinajstić information content (AvgIpc) is 3.15. The fourth-order valence-corrected chi connectivity index (χ4v) is 2.87. The largest absolute Gasteiger partial charge is 0.454 e. The summed E-state index contributed by atoms with van der Waals surface area (Å²) in [7, 11) is 0. The van der Waals surface area contributed by atoms with E-state index in [4.69, 9.17) is 14.2 Å². The highest BCUT2D eigenvalue weighted by Gasteiger charge is 2.23. The van der Waals surface area contributed by atoms with Crippen molar-refractivity contribution in [3.63, 3.8) is 0 Å². The smallest absolute Gasteiger partial charge is 0.309 e. The summed E-state index contributed by atoms with van der Waals surface area (Å²) in [5, 5.41) is 5.40. The van der Waals surface area contributed by atoms with E-state index in [1.54, 1.807) is 18.2 Å². The van der Waals surface area contributed by atoms with Crippen molar-refractivity contribution < 1.29 is 28.6 Å². The van der Waals surface area contributed by atoms with Crippen LogP contribution in [0.1, 0.15) is 31.9 Å². The Balaban J connectivity index is 1.57. The molecule has 0 bridgehead atoms. The maximum absolute atomic E-state index is 12.4. The fourth-order valence-electron chi connectivity index (χ4n) is 2.87. The number of ether oxygens (including phenoxy) is 3. The van der Waals surface area contributed by atoms with Crippen molar-refractivity contribution in [2.75, 3.05) is 12.1 Å². The molecule has 8 heteroatoms. The second kappa shape index (κ2) is 9.09. The molecule has 2 aromatic rings. The molecule has 2 aromatic carbocycles. The van der Waals surface area contributed by atoms with Gasteiger partial charge in [-0.25, -0.2) is 0 Å². The number of benzene rings is 2. The number of amides is 2. The molecule has 1 aliphatic rings. The Morgan fingerprint density at radius 1 is 1.07 bits per heavy atom. The molecule has 3 rings (SSSR count). The van der Waals surface area contributed by atoms with Gasteiger partial charge in [-0.15, -0.1) is 0 Å². The number of carbonyl (C=O) groups is 3. The first-order chi connectivity index (χ1) is 13.9. The minimum absolute atomic E-state index is 0.0920.